The second-order valence-corrected chi connectivity index (χ2v) is 6.69. The predicted molar refractivity (Wildman–Crippen MR) is 102 cm³/mol. The van der Waals surface area contributed by atoms with Gasteiger partial charge >= 0.3 is 0 Å². The molecule has 1 aliphatic rings. The first kappa shape index (κ1) is 18.2. The molecule has 0 atom stereocenters. The van der Waals surface area contributed by atoms with Crippen molar-refractivity contribution in [3.8, 4) is 5.75 Å². The zero-order valence-corrected chi connectivity index (χ0v) is 15.1. The summed E-state index contributed by atoms with van der Waals surface area (Å²) >= 11 is 0. The molecular weight excluding hydrogens is 328 g/mol. The largest absolute Gasteiger partial charge is 0.484 e. The van der Waals surface area contributed by atoms with Gasteiger partial charge in [0.2, 0.25) is 5.91 Å². The lowest BCUT2D eigenvalue weighted by Gasteiger charge is -2.20. The molecule has 26 heavy (non-hydrogen) atoms. The number of carbonyl (C=O) groups excluding carboxylic acids is 2. The van der Waals surface area contributed by atoms with E-state index in [2.05, 4.69) is 5.32 Å². The molecule has 2 amide bonds. The number of rotatable bonds is 7. The van der Waals surface area contributed by atoms with E-state index < -0.39 is 0 Å². The van der Waals surface area contributed by atoms with Crippen LogP contribution in [0, 0.1) is 0 Å². The summed E-state index contributed by atoms with van der Waals surface area (Å²) in [7, 11) is 0. The third-order valence-electron chi connectivity index (χ3n) is 4.69. The molecule has 1 saturated heterocycles. The average molecular weight is 354 g/mol. The minimum Gasteiger partial charge on any atom is -0.484 e. The molecule has 1 N–H and O–H groups in total. The second kappa shape index (κ2) is 9.22. The van der Waals surface area contributed by atoms with Gasteiger partial charge in [0, 0.05) is 26.1 Å². The second-order valence-electron chi connectivity index (χ2n) is 6.69. The zero-order valence-electron chi connectivity index (χ0n) is 15.1. The summed E-state index contributed by atoms with van der Waals surface area (Å²) < 4.78 is 5.58. The Morgan fingerprint density at radius 3 is 2.81 bits per heavy atom. The summed E-state index contributed by atoms with van der Waals surface area (Å²) in [4.78, 5) is 25.8. The van der Waals surface area contributed by atoms with E-state index in [9.17, 15) is 9.59 Å². The highest BCUT2D eigenvalue weighted by Gasteiger charge is 2.15. The molecule has 0 radical (unpaired) electrons. The van der Waals surface area contributed by atoms with E-state index in [1.165, 1.54) is 0 Å². The molecule has 3 rings (SSSR count). The van der Waals surface area contributed by atoms with Crippen LogP contribution in [0.3, 0.4) is 0 Å². The highest BCUT2D eigenvalue weighted by atomic mass is 16.5. The van der Waals surface area contributed by atoms with Crippen LogP contribution >= 0.6 is 0 Å². The van der Waals surface area contributed by atoms with Gasteiger partial charge in [0.1, 0.15) is 5.75 Å². The van der Waals surface area contributed by atoms with Gasteiger partial charge in [-0.15, -0.1) is 0 Å². The number of hydrogen-bond donors (Lipinski definition) is 1. The number of carbonyl (C=O) groups is 2. The van der Waals surface area contributed by atoms with Gasteiger partial charge in [-0.2, -0.15) is 0 Å². The van der Waals surface area contributed by atoms with Crippen molar-refractivity contribution in [3.05, 3.63) is 42.5 Å². The van der Waals surface area contributed by atoms with Crippen LogP contribution in [0.1, 0.15) is 32.1 Å². The Bertz CT molecular complexity index is 760. The topological polar surface area (TPSA) is 58.6 Å². The first-order valence-electron chi connectivity index (χ1n) is 9.38. The van der Waals surface area contributed by atoms with Crippen molar-refractivity contribution in [1.82, 2.24) is 10.2 Å². The minimum absolute atomic E-state index is 0.000977. The third kappa shape index (κ3) is 5.22. The molecule has 0 aliphatic carbocycles. The number of hydrogen-bond acceptors (Lipinski definition) is 3. The number of benzene rings is 2. The summed E-state index contributed by atoms with van der Waals surface area (Å²) in [5, 5.41) is 5.09. The molecule has 2 aromatic rings. The zero-order chi connectivity index (χ0) is 18.2. The Morgan fingerprint density at radius 1 is 1.08 bits per heavy atom. The highest BCUT2D eigenvalue weighted by molar-refractivity contribution is 5.84. The smallest absolute Gasteiger partial charge is 0.257 e. The molecule has 0 spiro atoms. The van der Waals surface area contributed by atoms with Gasteiger partial charge in [-0.25, -0.2) is 0 Å². The van der Waals surface area contributed by atoms with Crippen molar-refractivity contribution in [2.24, 2.45) is 0 Å². The number of ether oxygens (including phenoxy) is 1. The molecule has 0 saturated carbocycles. The van der Waals surface area contributed by atoms with Crippen molar-refractivity contribution >= 4 is 22.6 Å². The van der Waals surface area contributed by atoms with Gasteiger partial charge in [-0.1, -0.05) is 36.8 Å². The van der Waals surface area contributed by atoms with Crippen LogP contribution in [-0.4, -0.2) is 43.0 Å². The molecule has 1 heterocycles. The fourth-order valence-electron chi connectivity index (χ4n) is 3.23. The van der Waals surface area contributed by atoms with Crippen LogP contribution in [-0.2, 0) is 9.59 Å². The van der Waals surface area contributed by atoms with Crippen molar-refractivity contribution < 1.29 is 14.3 Å². The number of likely N-dealkylation sites (tertiary alicyclic amines) is 1. The first-order chi connectivity index (χ1) is 12.7. The Balaban J connectivity index is 1.36. The maximum Gasteiger partial charge on any atom is 0.257 e. The highest BCUT2D eigenvalue weighted by Crippen LogP contribution is 2.20. The van der Waals surface area contributed by atoms with Gasteiger partial charge in [0.25, 0.3) is 5.91 Å². The summed E-state index contributed by atoms with van der Waals surface area (Å²) in [6.45, 7) is 2.12. The van der Waals surface area contributed by atoms with Crippen LogP contribution in [0.15, 0.2) is 42.5 Å². The number of nitrogens with one attached hydrogen (secondary N) is 1. The quantitative estimate of drug-likeness (QED) is 0.777. The molecular formula is C21H26N2O3. The molecule has 2 aromatic carbocycles. The lowest BCUT2D eigenvalue weighted by atomic mass is 10.1. The van der Waals surface area contributed by atoms with E-state index in [1.807, 2.05) is 47.4 Å². The maximum atomic E-state index is 11.9. The van der Waals surface area contributed by atoms with E-state index in [-0.39, 0.29) is 18.4 Å². The van der Waals surface area contributed by atoms with E-state index in [4.69, 9.17) is 4.74 Å². The van der Waals surface area contributed by atoms with Crippen molar-refractivity contribution in [2.75, 3.05) is 26.2 Å². The van der Waals surface area contributed by atoms with Gasteiger partial charge in [-0.05, 0) is 42.2 Å². The Morgan fingerprint density at radius 2 is 1.92 bits per heavy atom. The van der Waals surface area contributed by atoms with E-state index in [0.717, 1.165) is 43.0 Å². The van der Waals surface area contributed by atoms with Crippen LogP contribution in [0.25, 0.3) is 10.8 Å². The Hall–Kier alpha value is -2.56. The lowest BCUT2D eigenvalue weighted by molar-refractivity contribution is -0.130. The summed E-state index contributed by atoms with van der Waals surface area (Å²) in [6, 6.07) is 13.8. The normalized spacial score (nSPS) is 14.9. The molecule has 5 nitrogen and oxygen atoms in total. The molecule has 138 valence electrons. The molecule has 1 aliphatic heterocycles. The van der Waals surface area contributed by atoms with Crippen molar-refractivity contribution in [3.63, 3.8) is 0 Å². The summed E-state index contributed by atoms with van der Waals surface area (Å²) in [5.41, 5.74) is 0. The number of fused-ring (bicyclic) bond motifs is 1. The maximum absolute atomic E-state index is 11.9. The van der Waals surface area contributed by atoms with Crippen LogP contribution in [0.2, 0.25) is 0 Å². The molecule has 5 heteroatoms. The lowest BCUT2D eigenvalue weighted by Crippen LogP contribution is -2.35. The summed E-state index contributed by atoms with van der Waals surface area (Å²) in [5.74, 6) is 0.794. The Labute approximate surface area is 154 Å². The van der Waals surface area contributed by atoms with E-state index >= 15 is 0 Å². The van der Waals surface area contributed by atoms with Crippen LogP contribution < -0.4 is 10.1 Å². The minimum atomic E-state index is -0.139. The molecule has 0 unspecified atom stereocenters. The molecule has 0 bridgehead atoms. The fraction of sp³-hybridized carbons (Fsp3) is 0.429. The first-order valence-corrected chi connectivity index (χ1v) is 9.38. The van der Waals surface area contributed by atoms with Crippen LogP contribution in [0.4, 0.5) is 0 Å². The third-order valence-corrected chi connectivity index (χ3v) is 4.69. The average Bonchev–Trinajstić information content (AvgIpc) is 2.87. The summed E-state index contributed by atoms with van der Waals surface area (Å²) in [6.07, 6.45) is 4.64. The number of amides is 2. The standard InChI is InChI=1S/C21H26N2O3/c24-20(22-12-6-14-23-13-5-1-2-9-21(23)25)16-26-19-11-10-17-7-3-4-8-18(17)15-19/h3-4,7-8,10-11,15H,1-2,5-6,9,12-14,16H2,(H,22,24). The van der Waals surface area contributed by atoms with Gasteiger partial charge in [-0.3, -0.25) is 9.59 Å². The molecule has 1 fully saturated rings. The van der Waals surface area contributed by atoms with E-state index in [1.54, 1.807) is 0 Å². The van der Waals surface area contributed by atoms with Crippen molar-refractivity contribution in [1.29, 1.82) is 0 Å². The van der Waals surface area contributed by atoms with Crippen molar-refractivity contribution in [2.45, 2.75) is 32.1 Å². The van der Waals surface area contributed by atoms with Gasteiger partial charge < -0.3 is 15.0 Å². The predicted octanol–water partition coefficient (Wildman–Crippen LogP) is 3.13. The van der Waals surface area contributed by atoms with Crippen LogP contribution in [0.5, 0.6) is 5.75 Å². The number of nitrogens with zero attached hydrogens (tertiary/aromatic N) is 1. The Kier molecular flexibility index (Phi) is 6.47. The molecule has 0 aromatic heterocycles. The fourth-order valence-corrected chi connectivity index (χ4v) is 3.23. The monoisotopic (exact) mass is 354 g/mol. The van der Waals surface area contributed by atoms with Gasteiger partial charge in [0.15, 0.2) is 6.61 Å². The van der Waals surface area contributed by atoms with E-state index in [0.29, 0.717) is 25.3 Å². The SMILES string of the molecule is O=C(COc1ccc2ccccc2c1)NCCCN1CCCCCC1=O. The van der Waals surface area contributed by atoms with Gasteiger partial charge in [0.05, 0.1) is 0 Å².